The molecular formula is C34H23N. The van der Waals surface area contributed by atoms with E-state index in [9.17, 15) is 0 Å². The zero-order valence-electron chi connectivity index (χ0n) is 19.4. The summed E-state index contributed by atoms with van der Waals surface area (Å²) in [4.78, 5) is 2.61. The smallest absolute Gasteiger partial charge is 0.0538 e. The predicted octanol–water partition coefficient (Wildman–Crippen LogP) is 8.11. The van der Waals surface area contributed by atoms with Crippen LogP contribution in [0, 0.1) is 0 Å². The van der Waals surface area contributed by atoms with Crippen molar-refractivity contribution in [2.75, 3.05) is 4.90 Å². The number of hydrogen-bond donors (Lipinski definition) is 0. The van der Waals surface area contributed by atoms with Crippen molar-refractivity contribution in [3.05, 3.63) is 136 Å². The van der Waals surface area contributed by atoms with Gasteiger partial charge in [-0.1, -0.05) is 84.9 Å². The van der Waals surface area contributed by atoms with E-state index in [0.29, 0.717) is 0 Å². The van der Waals surface area contributed by atoms with Crippen molar-refractivity contribution in [2.45, 2.75) is 25.7 Å². The summed E-state index contributed by atoms with van der Waals surface area (Å²) >= 11 is 0. The summed E-state index contributed by atoms with van der Waals surface area (Å²) in [6, 6.07) is 34.5. The fourth-order valence-corrected chi connectivity index (χ4v) is 7.31. The van der Waals surface area contributed by atoms with Crippen LogP contribution >= 0.6 is 0 Å². The SMILES string of the molecule is c1ccc2c(c1)Cc1ccc3c(c1-2)Cc1c-3ccc2c1N1c3ccccc3Cc3cccc(c31)C2. The lowest BCUT2D eigenvalue weighted by molar-refractivity contribution is 1.00. The second-order valence-corrected chi connectivity index (χ2v) is 10.5. The molecular weight excluding hydrogens is 422 g/mol. The Kier molecular flexibility index (Phi) is 3.29. The van der Waals surface area contributed by atoms with Crippen molar-refractivity contribution >= 4 is 17.1 Å². The van der Waals surface area contributed by atoms with Gasteiger partial charge >= 0.3 is 0 Å². The van der Waals surface area contributed by atoms with Gasteiger partial charge in [0.05, 0.1) is 11.4 Å². The van der Waals surface area contributed by atoms with E-state index in [1.54, 1.807) is 0 Å². The van der Waals surface area contributed by atoms with Crippen molar-refractivity contribution in [3.63, 3.8) is 0 Å². The van der Waals surface area contributed by atoms with Crippen molar-refractivity contribution in [1.82, 2.24) is 0 Å². The molecule has 2 aliphatic heterocycles. The molecule has 0 atom stereocenters. The third-order valence-corrected chi connectivity index (χ3v) is 8.72. The molecule has 0 fully saturated rings. The number of hydrogen-bond acceptors (Lipinski definition) is 1. The van der Waals surface area contributed by atoms with Crippen LogP contribution in [0.1, 0.15) is 44.5 Å². The molecule has 1 heteroatoms. The predicted molar refractivity (Wildman–Crippen MR) is 143 cm³/mol. The van der Waals surface area contributed by atoms with Crippen LogP contribution in [-0.4, -0.2) is 0 Å². The van der Waals surface area contributed by atoms with Crippen LogP contribution in [0.15, 0.2) is 91.0 Å². The normalized spacial score (nSPS) is 14.9. The van der Waals surface area contributed by atoms with E-state index in [0.717, 1.165) is 25.7 Å². The molecule has 2 aliphatic carbocycles. The number of benzene rings is 5. The molecule has 0 aromatic heterocycles. The lowest BCUT2D eigenvalue weighted by atomic mass is 9.84. The summed E-state index contributed by atoms with van der Waals surface area (Å²) < 4.78 is 0. The van der Waals surface area contributed by atoms with Crippen LogP contribution < -0.4 is 4.90 Å². The Morgan fingerprint density at radius 1 is 0.400 bits per heavy atom. The molecule has 5 aromatic rings. The minimum atomic E-state index is 1.02. The van der Waals surface area contributed by atoms with E-state index >= 15 is 0 Å². The van der Waals surface area contributed by atoms with Crippen molar-refractivity contribution in [1.29, 1.82) is 0 Å². The Morgan fingerprint density at radius 2 is 1.03 bits per heavy atom. The molecule has 4 aliphatic rings. The van der Waals surface area contributed by atoms with Crippen LogP contribution in [0.25, 0.3) is 22.3 Å². The van der Waals surface area contributed by atoms with Gasteiger partial charge in [0.25, 0.3) is 0 Å². The highest BCUT2D eigenvalue weighted by Crippen LogP contribution is 2.56. The van der Waals surface area contributed by atoms with E-state index in [-0.39, 0.29) is 0 Å². The molecule has 0 amide bonds. The molecule has 0 saturated heterocycles. The first-order chi connectivity index (χ1) is 17.3. The quantitative estimate of drug-likeness (QED) is 0.228. The average Bonchev–Trinajstić information content (AvgIpc) is 3.46. The van der Waals surface area contributed by atoms with Gasteiger partial charge in [-0.25, -0.2) is 0 Å². The second-order valence-electron chi connectivity index (χ2n) is 10.5. The zero-order chi connectivity index (χ0) is 22.7. The monoisotopic (exact) mass is 445 g/mol. The fourth-order valence-electron chi connectivity index (χ4n) is 7.31. The molecule has 164 valence electrons. The minimum Gasteiger partial charge on any atom is -0.309 e. The van der Waals surface area contributed by atoms with Gasteiger partial charge in [0.15, 0.2) is 0 Å². The molecule has 0 radical (unpaired) electrons. The summed E-state index contributed by atoms with van der Waals surface area (Å²) in [5.41, 5.74) is 21.8. The summed E-state index contributed by atoms with van der Waals surface area (Å²) in [6.45, 7) is 0. The van der Waals surface area contributed by atoms with Crippen LogP contribution in [0.2, 0.25) is 0 Å². The number of rotatable bonds is 0. The highest BCUT2D eigenvalue weighted by atomic mass is 15.2. The minimum absolute atomic E-state index is 1.02. The molecule has 35 heavy (non-hydrogen) atoms. The Bertz CT molecular complexity index is 1740. The summed E-state index contributed by atoms with van der Waals surface area (Å²) in [7, 11) is 0. The first-order valence-electron chi connectivity index (χ1n) is 12.7. The standard InChI is InChI=1S/C34H23N/c1-3-10-26-20(6-1)16-22-12-14-27-28-15-13-25-18-24-9-5-8-23-17-21-7-2-4-11-31(21)35(33(23)24)34(25)30(28)19-29(27)32(22)26/h1-15H,16-19H2. The van der Waals surface area contributed by atoms with Gasteiger partial charge in [0.1, 0.15) is 0 Å². The number of nitrogens with zero attached hydrogens (tertiary/aromatic N) is 1. The molecule has 0 spiro atoms. The number of para-hydroxylation sites is 2. The Balaban J connectivity index is 1.31. The van der Waals surface area contributed by atoms with E-state index in [1.165, 1.54) is 83.8 Å². The highest BCUT2D eigenvalue weighted by molar-refractivity contribution is 5.97. The molecule has 0 N–H and O–H groups in total. The molecule has 0 unspecified atom stereocenters. The van der Waals surface area contributed by atoms with Gasteiger partial charge in [-0.3, -0.25) is 0 Å². The first kappa shape index (κ1) is 18.3. The molecule has 0 bridgehead atoms. The van der Waals surface area contributed by atoms with E-state index in [1.807, 2.05) is 0 Å². The van der Waals surface area contributed by atoms with E-state index in [4.69, 9.17) is 0 Å². The fraction of sp³-hybridized carbons (Fsp3) is 0.118. The number of anilines is 3. The maximum Gasteiger partial charge on any atom is 0.0538 e. The van der Waals surface area contributed by atoms with Crippen molar-refractivity contribution in [2.24, 2.45) is 0 Å². The largest absolute Gasteiger partial charge is 0.309 e. The van der Waals surface area contributed by atoms with Gasteiger partial charge in [-0.15, -0.1) is 0 Å². The first-order valence-corrected chi connectivity index (χ1v) is 12.7. The lowest BCUT2D eigenvalue weighted by Crippen LogP contribution is -2.25. The van der Waals surface area contributed by atoms with E-state index < -0.39 is 0 Å². The van der Waals surface area contributed by atoms with Crippen molar-refractivity contribution < 1.29 is 0 Å². The molecule has 5 aromatic carbocycles. The second kappa shape index (κ2) is 6.31. The maximum absolute atomic E-state index is 2.61. The Labute approximate surface area is 205 Å². The van der Waals surface area contributed by atoms with Gasteiger partial charge in [0.2, 0.25) is 0 Å². The number of fused-ring (bicyclic) bond motifs is 12. The molecule has 0 saturated carbocycles. The van der Waals surface area contributed by atoms with Crippen LogP contribution in [0.5, 0.6) is 0 Å². The molecule has 1 nitrogen and oxygen atoms in total. The zero-order valence-corrected chi connectivity index (χ0v) is 19.4. The lowest BCUT2D eigenvalue weighted by Gasteiger charge is -2.40. The maximum atomic E-state index is 2.61. The third-order valence-electron chi connectivity index (χ3n) is 8.72. The van der Waals surface area contributed by atoms with Crippen LogP contribution in [-0.2, 0) is 25.7 Å². The van der Waals surface area contributed by atoms with Gasteiger partial charge < -0.3 is 4.90 Å². The Hall–Kier alpha value is -4.10. The molecule has 2 heterocycles. The highest BCUT2D eigenvalue weighted by Gasteiger charge is 2.36. The van der Waals surface area contributed by atoms with Gasteiger partial charge in [-0.05, 0) is 79.2 Å². The summed E-state index contributed by atoms with van der Waals surface area (Å²) in [5.74, 6) is 0. The van der Waals surface area contributed by atoms with E-state index in [2.05, 4.69) is 95.9 Å². The summed E-state index contributed by atoms with van der Waals surface area (Å²) in [6.07, 6.45) is 4.11. The molecule has 9 rings (SSSR count). The van der Waals surface area contributed by atoms with Gasteiger partial charge in [0, 0.05) is 24.9 Å². The van der Waals surface area contributed by atoms with Crippen LogP contribution in [0.3, 0.4) is 0 Å². The van der Waals surface area contributed by atoms with Gasteiger partial charge in [-0.2, -0.15) is 0 Å². The third kappa shape index (κ3) is 2.24. The average molecular weight is 446 g/mol. The van der Waals surface area contributed by atoms with Crippen LogP contribution in [0.4, 0.5) is 17.1 Å². The topological polar surface area (TPSA) is 3.24 Å². The summed E-state index contributed by atoms with van der Waals surface area (Å²) in [5, 5.41) is 0. The Morgan fingerprint density at radius 3 is 1.91 bits per heavy atom. The van der Waals surface area contributed by atoms with Crippen molar-refractivity contribution in [3.8, 4) is 22.3 Å².